The van der Waals surface area contributed by atoms with Gasteiger partial charge in [0.25, 0.3) is 0 Å². The summed E-state index contributed by atoms with van der Waals surface area (Å²) in [6.07, 6.45) is 15.5. The molecule has 0 aromatic carbocycles. The normalized spacial score (nSPS) is 51.1. The quantitative estimate of drug-likeness (QED) is 0.637. The molecule has 4 aliphatic carbocycles. The maximum atomic E-state index is 12.0. The lowest BCUT2D eigenvalue weighted by molar-refractivity contribution is -0.193. The predicted molar refractivity (Wildman–Crippen MR) is 105 cm³/mol. The van der Waals surface area contributed by atoms with E-state index in [0.717, 1.165) is 49.4 Å². The molecule has 1 spiro atoms. The first kappa shape index (κ1) is 18.1. The van der Waals surface area contributed by atoms with E-state index in [0.29, 0.717) is 11.7 Å². The summed E-state index contributed by atoms with van der Waals surface area (Å²) in [6.45, 7) is 4.86. The first-order valence-electron chi connectivity index (χ1n) is 11.1. The molecule has 0 saturated heterocycles. The van der Waals surface area contributed by atoms with Crippen molar-refractivity contribution in [3.63, 3.8) is 0 Å². The lowest BCUT2D eigenvalue weighted by atomic mass is 9.48. The van der Waals surface area contributed by atoms with Crippen LogP contribution in [0.25, 0.3) is 0 Å². The maximum Gasteiger partial charge on any atom is 0.177 e. The number of hydrogen-bond donors (Lipinski definition) is 0. The molecule has 0 N–H and O–H groups in total. The Morgan fingerprint density at radius 1 is 1.26 bits per heavy atom. The second-order valence-corrected chi connectivity index (χ2v) is 10.0. The van der Waals surface area contributed by atoms with Gasteiger partial charge in [0, 0.05) is 18.9 Å². The Hall–Kier alpha value is -0.930. The fourth-order valence-corrected chi connectivity index (χ4v) is 7.94. The van der Waals surface area contributed by atoms with Crippen LogP contribution >= 0.6 is 0 Å². The van der Waals surface area contributed by atoms with Gasteiger partial charge in [-0.05, 0) is 80.3 Å². The van der Waals surface area contributed by atoms with Crippen LogP contribution in [0.15, 0.2) is 23.8 Å². The van der Waals surface area contributed by atoms with Crippen molar-refractivity contribution in [1.82, 2.24) is 0 Å². The molecule has 1 aliphatic heterocycles. The number of allylic oxidation sites excluding steroid dienone is 1. The van der Waals surface area contributed by atoms with Crippen LogP contribution in [0.1, 0.15) is 65.2 Å². The lowest BCUT2D eigenvalue weighted by Gasteiger charge is -2.58. The molecule has 3 nitrogen and oxygen atoms in total. The summed E-state index contributed by atoms with van der Waals surface area (Å²) >= 11 is 0. The smallest absolute Gasteiger partial charge is 0.177 e. The number of rotatable bonds is 2. The van der Waals surface area contributed by atoms with Gasteiger partial charge in [0.1, 0.15) is 0 Å². The van der Waals surface area contributed by atoms with Crippen LogP contribution in [0.5, 0.6) is 0 Å². The summed E-state index contributed by atoms with van der Waals surface area (Å²) in [6, 6.07) is 0. The van der Waals surface area contributed by atoms with Crippen LogP contribution in [0.3, 0.4) is 0 Å². The van der Waals surface area contributed by atoms with E-state index < -0.39 is 0 Å². The highest BCUT2D eigenvalue weighted by molar-refractivity contribution is 5.91. The van der Waals surface area contributed by atoms with E-state index in [9.17, 15) is 4.79 Å². The minimum Gasteiger partial charge on any atom is -0.352 e. The second-order valence-electron chi connectivity index (χ2n) is 10.0. The van der Waals surface area contributed by atoms with Gasteiger partial charge < -0.3 is 9.47 Å². The average Bonchev–Trinajstić information content (AvgIpc) is 3.23. The van der Waals surface area contributed by atoms with Gasteiger partial charge in [-0.25, -0.2) is 0 Å². The van der Waals surface area contributed by atoms with Gasteiger partial charge in [-0.2, -0.15) is 0 Å². The van der Waals surface area contributed by atoms with E-state index in [1.807, 2.05) is 6.08 Å². The molecule has 148 valence electrons. The molecular formula is C24H34O3. The summed E-state index contributed by atoms with van der Waals surface area (Å²) in [5.74, 6) is 4.07. The first-order chi connectivity index (χ1) is 13.0. The summed E-state index contributed by atoms with van der Waals surface area (Å²) in [5, 5.41) is 0. The molecule has 1 heterocycles. The Labute approximate surface area is 163 Å². The molecule has 0 aromatic rings. The molecule has 5 aliphatic rings. The van der Waals surface area contributed by atoms with E-state index >= 15 is 0 Å². The number of carbonyl (C=O) groups is 1. The van der Waals surface area contributed by atoms with Crippen LogP contribution in [-0.2, 0) is 14.3 Å². The summed E-state index contributed by atoms with van der Waals surface area (Å²) in [5.41, 5.74) is 1.59. The fourth-order valence-electron chi connectivity index (χ4n) is 7.94. The van der Waals surface area contributed by atoms with Crippen LogP contribution in [0.4, 0.5) is 0 Å². The van der Waals surface area contributed by atoms with Crippen molar-refractivity contribution >= 4 is 5.78 Å². The van der Waals surface area contributed by atoms with E-state index in [-0.39, 0.29) is 17.3 Å². The fraction of sp³-hybridized carbons (Fsp3) is 0.792. The first-order valence-corrected chi connectivity index (χ1v) is 11.1. The molecule has 3 fully saturated rings. The molecule has 3 saturated carbocycles. The Morgan fingerprint density at radius 3 is 2.85 bits per heavy atom. The van der Waals surface area contributed by atoms with Gasteiger partial charge in [0.05, 0.1) is 5.60 Å². The van der Waals surface area contributed by atoms with E-state index in [4.69, 9.17) is 9.47 Å². The van der Waals surface area contributed by atoms with E-state index in [2.05, 4.69) is 26.0 Å². The van der Waals surface area contributed by atoms with Gasteiger partial charge in [-0.1, -0.05) is 31.9 Å². The van der Waals surface area contributed by atoms with E-state index in [1.165, 1.54) is 31.3 Å². The van der Waals surface area contributed by atoms with Gasteiger partial charge in [0.15, 0.2) is 12.1 Å². The number of fused-ring (bicyclic) bond motifs is 6. The molecule has 0 bridgehead atoms. The van der Waals surface area contributed by atoms with Crippen molar-refractivity contribution < 1.29 is 14.3 Å². The number of methoxy groups -OCH3 is 1. The van der Waals surface area contributed by atoms with Crippen molar-refractivity contribution in [2.45, 2.75) is 77.1 Å². The Kier molecular flexibility index (Phi) is 4.22. The molecule has 4 unspecified atom stereocenters. The molecule has 0 amide bonds. The molecule has 5 rings (SSSR count). The number of hydrogen-bond acceptors (Lipinski definition) is 3. The molecule has 0 aromatic heterocycles. The summed E-state index contributed by atoms with van der Waals surface area (Å²) < 4.78 is 12.0. The zero-order valence-corrected chi connectivity index (χ0v) is 17.1. The molecule has 27 heavy (non-hydrogen) atoms. The molecule has 8 atom stereocenters. The summed E-state index contributed by atoms with van der Waals surface area (Å²) in [4.78, 5) is 12.0. The lowest BCUT2D eigenvalue weighted by Crippen LogP contribution is -2.54. The van der Waals surface area contributed by atoms with Gasteiger partial charge >= 0.3 is 0 Å². The van der Waals surface area contributed by atoms with Crippen LogP contribution in [0.2, 0.25) is 0 Å². The van der Waals surface area contributed by atoms with Crippen molar-refractivity contribution in [1.29, 1.82) is 0 Å². The van der Waals surface area contributed by atoms with Crippen molar-refractivity contribution in [2.75, 3.05) is 7.11 Å². The number of carbonyl (C=O) groups excluding carboxylic acids is 1. The van der Waals surface area contributed by atoms with Crippen molar-refractivity contribution in [3.8, 4) is 0 Å². The average molecular weight is 371 g/mol. The predicted octanol–water partition coefficient (Wildman–Crippen LogP) is 5.06. The zero-order chi connectivity index (χ0) is 18.8. The SMILES string of the molecule is CC[C@H]1CC2=CC(=O)CC[C@@H]2C2CC[C@@]3(C)C(CC[C@@]34C=CC(OC)O4)C21. The largest absolute Gasteiger partial charge is 0.352 e. The van der Waals surface area contributed by atoms with Gasteiger partial charge in [-0.15, -0.1) is 0 Å². The minimum atomic E-state index is -0.175. The molecule has 3 heteroatoms. The highest BCUT2D eigenvalue weighted by Crippen LogP contribution is 2.68. The molecule has 0 radical (unpaired) electrons. The van der Waals surface area contributed by atoms with Gasteiger partial charge in [-0.3, -0.25) is 4.79 Å². The van der Waals surface area contributed by atoms with Crippen molar-refractivity contribution in [3.05, 3.63) is 23.8 Å². The zero-order valence-electron chi connectivity index (χ0n) is 17.1. The standard InChI is InChI=1S/C24H34O3/c1-4-15-13-16-14-17(25)5-6-18(16)19-7-10-23(2)20(22(15)19)8-11-24(23)12-9-21(26-3)27-24/h9,12,14-15,18-22H,4-8,10-11,13H2,1-3H3/t15-,18-,19?,20?,21?,22?,23-,24+/m0/s1. The second kappa shape index (κ2) is 6.29. The third kappa shape index (κ3) is 2.43. The van der Waals surface area contributed by atoms with Crippen molar-refractivity contribution in [2.24, 2.45) is 35.0 Å². The highest BCUT2D eigenvalue weighted by atomic mass is 16.7. The molecular weight excluding hydrogens is 336 g/mol. The van der Waals surface area contributed by atoms with Gasteiger partial charge in [0.2, 0.25) is 0 Å². The maximum absolute atomic E-state index is 12.0. The Bertz CT molecular complexity index is 694. The Morgan fingerprint density at radius 2 is 2.11 bits per heavy atom. The summed E-state index contributed by atoms with van der Waals surface area (Å²) in [7, 11) is 1.74. The monoisotopic (exact) mass is 370 g/mol. The number of ether oxygens (including phenoxy) is 2. The topological polar surface area (TPSA) is 35.5 Å². The minimum absolute atomic E-state index is 0.125. The Balaban J connectivity index is 1.49. The van der Waals surface area contributed by atoms with E-state index in [1.54, 1.807) is 7.11 Å². The van der Waals surface area contributed by atoms with Crippen LogP contribution < -0.4 is 0 Å². The van der Waals surface area contributed by atoms with Crippen LogP contribution in [0, 0.1) is 35.0 Å². The number of ketones is 1. The third-order valence-electron chi connectivity index (χ3n) is 9.26. The highest BCUT2D eigenvalue weighted by Gasteiger charge is 2.65. The third-order valence-corrected chi connectivity index (χ3v) is 9.26. The van der Waals surface area contributed by atoms with Crippen LogP contribution in [-0.4, -0.2) is 24.8 Å².